The third-order valence-corrected chi connectivity index (χ3v) is 3.51. The maximum Gasteiger partial charge on any atom is 0.328 e. The van der Waals surface area contributed by atoms with Gasteiger partial charge in [0.15, 0.2) is 11.9 Å². The molecule has 1 aliphatic rings. The Morgan fingerprint density at radius 3 is 2.78 bits per heavy atom. The van der Waals surface area contributed by atoms with E-state index in [0.717, 1.165) is 18.5 Å². The number of aromatic nitrogens is 2. The van der Waals surface area contributed by atoms with E-state index in [0.29, 0.717) is 11.7 Å². The molecule has 1 aromatic heterocycles. The number of nitrogens with one attached hydrogen (secondary N) is 1. The van der Waals surface area contributed by atoms with E-state index in [2.05, 4.69) is 15.3 Å². The van der Waals surface area contributed by atoms with E-state index >= 15 is 0 Å². The smallest absolute Gasteiger partial charge is 0.328 e. The lowest BCUT2D eigenvalue weighted by Gasteiger charge is -2.21. The van der Waals surface area contributed by atoms with Crippen molar-refractivity contribution < 1.29 is 9.90 Å². The molecule has 98 valence electrons. The SMILES string of the molecule is CNC(C(=O)O)c1nccc(C2CCCCC2)n1. The molecule has 18 heavy (non-hydrogen) atoms. The lowest BCUT2D eigenvalue weighted by Crippen LogP contribution is -2.27. The summed E-state index contributed by atoms with van der Waals surface area (Å²) in [5.41, 5.74) is 0.987. The molecule has 1 unspecified atom stereocenters. The molecule has 5 heteroatoms. The van der Waals surface area contributed by atoms with E-state index in [1.807, 2.05) is 6.07 Å². The van der Waals surface area contributed by atoms with Crippen LogP contribution in [-0.2, 0) is 4.79 Å². The highest BCUT2D eigenvalue weighted by atomic mass is 16.4. The maximum atomic E-state index is 11.1. The molecule has 5 nitrogen and oxygen atoms in total. The van der Waals surface area contributed by atoms with Gasteiger partial charge in [-0.25, -0.2) is 9.97 Å². The zero-order chi connectivity index (χ0) is 13.0. The zero-order valence-corrected chi connectivity index (χ0v) is 10.6. The van der Waals surface area contributed by atoms with Crippen LogP contribution in [0.4, 0.5) is 0 Å². The van der Waals surface area contributed by atoms with Crippen molar-refractivity contribution in [3.05, 3.63) is 23.8 Å². The summed E-state index contributed by atoms with van der Waals surface area (Å²) >= 11 is 0. The fourth-order valence-corrected chi connectivity index (χ4v) is 2.52. The van der Waals surface area contributed by atoms with Crippen LogP contribution >= 0.6 is 0 Å². The van der Waals surface area contributed by atoms with E-state index in [4.69, 9.17) is 5.11 Å². The second-order valence-corrected chi connectivity index (χ2v) is 4.73. The fraction of sp³-hybridized carbons (Fsp3) is 0.615. The molecule has 0 aliphatic heterocycles. The number of hydrogen-bond acceptors (Lipinski definition) is 4. The van der Waals surface area contributed by atoms with Crippen LogP contribution in [0.1, 0.15) is 55.6 Å². The van der Waals surface area contributed by atoms with Gasteiger partial charge in [-0.15, -0.1) is 0 Å². The van der Waals surface area contributed by atoms with Gasteiger partial charge in [-0.3, -0.25) is 4.79 Å². The first-order valence-corrected chi connectivity index (χ1v) is 6.45. The first-order chi connectivity index (χ1) is 8.72. The molecule has 1 aromatic rings. The number of likely N-dealkylation sites (N-methyl/N-ethyl adjacent to an activating group) is 1. The van der Waals surface area contributed by atoms with Crippen LogP contribution in [0.15, 0.2) is 12.3 Å². The monoisotopic (exact) mass is 249 g/mol. The summed E-state index contributed by atoms with van der Waals surface area (Å²) in [7, 11) is 1.61. The lowest BCUT2D eigenvalue weighted by atomic mass is 9.87. The van der Waals surface area contributed by atoms with Crippen LogP contribution < -0.4 is 5.32 Å². The van der Waals surface area contributed by atoms with Crippen LogP contribution in [0.5, 0.6) is 0 Å². The molecule has 0 amide bonds. The van der Waals surface area contributed by atoms with Gasteiger partial charge >= 0.3 is 5.97 Å². The standard InChI is InChI=1S/C13H19N3O2/c1-14-11(13(17)18)12-15-8-7-10(16-12)9-5-3-2-4-6-9/h7-9,11,14H,2-6H2,1H3,(H,17,18). The van der Waals surface area contributed by atoms with Crippen LogP contribution in [0.2, 0.25) is 0 Å². The molecule has 1 fully saturated rings. The average Bonchev–Trinajstić information content (AvgIpc) is 2.40. The number of rotatable bonds is 4. The molecule has 1 saturated carbocycles. The Bertz CT molecular complexity index is 416. The molecular formula is C13H19N3O2. The van der Waals surface area contributed by atoms with Gasteiger partial charge in [-0.1, -0.05) is 19.3 Å². The molecule has 0 saturated heterocycles. The van der Waals surface area contributed by atoms with Crippen LogP contribution in [-0.4, -0.2) is 28.1 Å². The van der Waals surface area contributed by atoms with Crippen molar-refractivity contribution >= 4 is 5.97 Å². The minimum atomic E-state index is -0.946. The van der Waals surface area contributed by atoms with Crippen molar-refractivity contribution in [3.8, 4) is 0 Å². The van der Waals surface area contributed by atoms with E-state index in [9.17, 15) is 4.79 Å². The Balaban J connectivity index is 2.20. The predicted molar refractivity (Wildman–Crippen MR) is 67.3 cm³/mol. The third kappa shape index (κ3) is 2.85. The minimum Gasteiger partial charge on any atom is -0.480 e. The number of hydrogen-bond donors (Lipinski definition) is 2. The average molecular weight is 249 g/mol. The fourth-order valence-electron chi connectivity index (χ4n) is 2.52. The highest BCUT2D eigenvalue weighted by molar-refractivity contribution is 5.74. The lowest BCUT2D eigenvalue weighted by molar-refractivity contribution is -0.139. The number of carboxylic acids is 1. The molecule has 1 heterocycles. The van der Waals surface area contributed by atoms with Crippen molar-refractivity contribution in [2.45, 2.75) is 44.1 Å². The molecular weight excluding hydrogens is 230 g/mol. The normalized spacial score (nSPS) is 18.5. The summed E-state index contributed by atoms with van der Waals surface area (Å²) in [4.78, 5) is 19.6. The topological polar surface area (TPSA) is 75.1 Å². The first kappa shape index (κ1) is 13.0. The number of carbonyl (C=O) groups is 1. The predicted octanol–water partition coefficient (Wildman–Crippen LogP) is 1.87. The van der Waals surface area contributed by atoms with Crippen molar-refractivity contribution in [2.24, 2.45) is 0 Å². The highest BCUT2D eigenvalue weighted by Gasteiger charge is 2.23. The Hall–Kier alpha value is -1.49. The van der Waals surface area contributed by atoms with E-state index in [1.165, 1.54) is 19.3 Å². The van der Waals surface area contributed by atoms with E-state index < -0.39 is 12.0 Å². The molecule has 1 aliphatic carbocycles. The van der Waals surface area contributed by atoms with Crippen LogP contribution in [0.25, 0.3) is 0 Å². The molecule has 2 N–H and O–H groups in total. The van der Waals surface area contributed by atoms with Crippen molar-refractivity contribution in [2.75, 3.05) is 7.05 Å². The van der Waals surface area contributed by atoms with Crippen LogP contribution in [0, 0.1) is 0 Å². The zero-order valence-electron chi connectivity index (χ0n) is 10.6. The van der Waals surface area contributed by atoms with Gasteiger partial charge in [0, 0.05) is 17.8 Å². The second-order valence-electron chi connectivity index (χ2n) is 4.73. The van der Waals surface area contributed by atoms with Crippen molar-refractivity contribution in [1.29, 1.82) is 0 Å². The summed E-state index contributed by atoms with van der Waals surface area (Å²) in [5.74, 6) is -0.127. The summed E-state index contributed by atoms with van der Waals surface area (Å²) in [6.45, 7) is 0. The molecule has 0 spiro atoms. The summed E-state index contributed by atoms with van der Waals surface area (Å²) in [6.07, 6.45) is 7.72. The van der Waals surface area contributed by atoms with Gasteiger partial charge in [0.1, 0.15) is 0 Å². The van der Waals surface area contributed by atoms with Crippen LogP contribution in [0.3, 0.4) is 0 Å². The molecule has 0 aromatic carbocycles. The van der Waals surface area contributed by atoms with Gasteiger partial charge < -0.3 is 10.4 Å². The number of aliphatic carboxylic acids is 1. The Morgan fingerprint density at radius 1 is 1.44 bits per heavy atom. The Morgan fingerprint density at radius 2 is 2.17 bits per heavy atom. The first-order valence-electron chi connectivity index (χ1n) is 6.45. The van der Waals surface area contributed by atoms with Gasteiger partial charge in [0.25, 0.3) is 0 Å². The maximum absolute atomic E-state index is 11.1. The minimum absolute atomic E-state index is 0.355. The Labute approximate surface area is 107 Å². The number of carboxylic acid groups (broad SMARTS) is 1. The van der Waals surface area contributed by atoms with Crippen molar-refractivity contribution in [3.63, 3.8) is 0 Å². The number of nitrogens with zero attached hydrogens (tertiary/aromatic N) is 2. The molecule has 2 rings (SSSR count). The largest absolute Gasteiger partial charge is 0.480 e. The van der Waals surface area contributed by atoms with Crippen molar-refractivity contribution in [1.82, 2.24) is 15.3 Å². The molecule has 0 bridgehead atoms. The molecule has 0 radical (unpaired) electrons. The van der Waals surface area contributed by atoms with Gasteiger partial charge in [0.05, 0.1) is 0 Å². The Kier molecular flexibility index (Phi) is 4.25. The van der Waals surface area contributed by atoms with Gasteiger partial charge in [0.2, 0.25) is 0 Å². The van der Waals surface area contributed by atoms with Gasteiger partial charge in [-0.2, -0.15) is 0 Å². The summed E-state index contributed by atoms with van der Waals surface area (Å²) in [6, 6.07) is 1.09. The van der Waals surface area contributed by atoms with E-state index in [1.54, 1.807) is 13.2 Å². The molecule has 1 atom stereocenters. The van der Waals surface area contributed by atoms with E-state index in [-0.39, 0.29) is 0 Å². The van der Waals surface area contributed by atoms with Gasteiger partial charge in [-0.05, 0) is 26.0 Å². The quantitative estimate of drug-likeness (QED) is 0.852. The summed E-state index contributed by atoms with van der Waals surface area (Å²) in [5, 5.41) is 11.8. The summed E-state index contributed by atoms with van der Waals surface area (Å²) < 4.78 is 0. The third-order valence-electron chi connectivity index (χ3n) is 3.51. The second kappa shape index (κ2) is 5.91. The highest BCUT2D eigenvalue weighted by Crippen LogP contribution is 2.31.